The summed E-state index contributed by atoms with van der Waals surface area (Å²) < 4.78 is 0. The number of fused-ring (bicyclic) bond motifs is 1. The molecule has 1 aliphatic carbocycles. The summed E-state index contributed by atoms with van der Waals surface area (Å²) in [6.07, 6.45) is 6.46. The van der Waals surface area contributed by atoms with Crippen LogP contribution in [0.3, 0.4) is 0 Å². The second kappa shape index (κ2) is 8.57. The summed E-state index contributed by atoms with van der Waals surface area (Å²) in [6, 6.07) is 18.2. The van der Waals surface area contributed by atoms with E-state index in [0.29, 0.717) is 12.1 Å². The maximum absolute atomic E-state index is 4.58. The summed E-state index contributed by atoms with van der Waals surface area (Å²) >= 11 is 0. The van der Waals surface area contributed by atoms with E-state index >= 15 is 0 Å². The number of rotatable bonds is 6. The van der Waals surface area contributed by atoms with Crippen LogP contribution in [0.5, 0.6) is 0 Å². The molecule has 0 saturated heterocycles. The molecule has 5 nitrogen and oxygen atoms in total. The highest BCUT2D eigenvalue weighted by Crippen LogP contribution is 2.23. The first-order valence-corrected chi connectivity index (χ1v) is 10.2. The minimum absolute atomic E-state index is 0.452. The second-order valence-electron chi connectivity index (χ2n) is 7.84. The number of benzene rings is 2. The zero-order valence-electron chi connectivity index (χ0n) is 16.7. The van der Waals surface area contributed by atoms with E-state index in [1.54, 1.807) is 0 Å². The first kappa shape index (κ1) is 18.7. The topological polar surface area (TPSA) is 53.1 Å². The molecule has 5 heteroatoms. The van der Waals surface area contributed by atoms with Crippen molar-refractivity contribution in [1.82, 2.24) is 15.3 Å². The molecule has 28 heavy (non-hydrogen) atoms. The number of anilines is 2. The van der Waals surface area contributed by atoms with Crippen molar-refractivity contribution in [1.29, 1.82) is 0 Å². The summed E-state index contributed by atoms with van der Waals surface area (Å²) in [6.45, 7) is 0.929. The molecule has 4 rings (SSSR count). The van der Waals surface area contributed by atoms with Crippen molar-refractivity contribution in [3.05, 3.63) is 60.3 Å². The van der Waals surface area contributed by atoms with Gasteiger partial charge in [-0.25, -0.2) is 4.98 Å². The normalized spacial score (nSPS) is 19.5. The number of nitrogens with one attached hydrogen (secondary N) is 2. The van der Waals surface area contributed by atoms with Crippen molar-refractivity contribution in [2.45, 2.75) is 44.3 Å². The van der Waals surface area contributed by atoms with Crippen LogP contribution in [0.2, 0.25) is 0 Å². The van der Waals surface area contributed by atoms with E-state index in [1.807, 2.05) is 31.3 Å². The van der Waals surface area contributed by atoms with E-state index in [1.165, 1.54) is 29.2 Å². The summed E-state index contributed by atoms with van der Waals surface area (Å²) in [4.78, 5) is 11.0. The average molecular weight is 376 g/mol. The van der Waals surface area contributed by atoms with Crippen LogP contribution < -0.4 is 15.5 Å². The van der Waals surface area contributed by atoms with Crippen molar-refractivity contribution in [2.24, 2.45) is 0 Å². The Bertz CT molecular complexity index is 910. The van der Waals surface area contributed by atoms with Gasteiger partial charge in [0.25, 0.3) is 0 Å². The van der Waals surface area contributed by atoms with E-state index in [4.69, 9.17) is 0 Å². The maximum Gasteiger partial charge on any atom is 0.224 e. The van der Waals surface area contributed by atoms with Gasteiger partial charge < -0.3 is 15.5 Å². The highest BCUT2D eigenvalue weighted by molar-refractivity contribution is 5.85. The Hall–Kier alpha value is -2.66. The average Bonchev–Trinajstić information content (AvgIpc) is 2.73. The van der Waals surface area contributed by atoms with Gasteiger partial charge in [-0.15, -0.1) is 0 Å². The predicted molar refractivity (Wildman–Crippen MR) is 117 cm³/mol. The molecule has 0 atom stereocenters. The van der Waals surface area contributed by atoms with E-state index in [0.717, 1.165) is 31.2 Å². The van der Waals surface area contributed by atoms with Gasteiger partial charge in [0.15, 0.2) is 0 Å². The van der Waals surface area contributed by atoms with Crippen LogP contribution >= 0.6 is 0 Å². The Morgan fingerprint density at radius 1 is 0.929 bits per heavy atom. The molecule has 2 N–H and O–H groups in total. The molecule has 1 heterocycles. The number of hydrogen-bond acceptors (Lipinski definition) is 5. The van der Waals surface area contributed by atoms with Gasteiger partial charge in [-0.2, -0.15) is 4.98 Å². The van der Waals surface area contributed by atoms with Crippen LogP contribution in [-0.2, 0) is 6.54 Å². The van der Waals surface area contributed by atoms with E-state index in [2.05, 4.69) is 63.1 Å². The quantitative estimate of drug-likeness (QED) is 0.676. The lowest BCUT2D eigenvalue weighted by molar-refractivity contribution is 0.352. The van der Waals surface area contributed by atoms with Crippen molar-refractivity contribution >= 4 is 22.5 Å². The predicted octanol–water partition coefficient (Wildman–Crippen LogP) is 4.21. The van der Waals surface area contributed by atoms with Crippen molar-refractivity contribution in [3.8, 4) is 0 Å². The molecular weight excluding hydrogens is 346 g/mol. The summed E-state index contributed by atoms with van der Waals surface area (Å²) in [7, 11) is 4.00. The Labute approximate surface area is 167 Å². The third-order valence-corrected chi connectivity index (χ3v) is 5.62. The highest BCUT2D eigenvalue weighted by Gasteiger charge is 2.21. The number of hydrogen-bond donors (Lipinski definition) is 2. The molecule has 0 radical (unpaired) electrons. The smallest absolute Gasteiger partial charge is 0.224 e. The van der Waals surface area contributed by atoms with Crippen molar-refractivity contribution in [2.75, 3.05) is 24.3 Å². The number of aromatic nitrogens is 2. The van der Waals surface area contributed by atoms with Gasteiger partial charge in [-0.3, -0.25) is 0 Å². The first-order chi connectivity index (χ1) is 13.7. The summed E-state index contributed by atoms with van der Waals surface area (Å²) in [5.74, 6) is 1.67. The molecule has 0 aliphatic heterocycles. The van der Waals surface area contributed by atoms with Crippen LogP contribution in [0.4, 0.5) is 11.8 Å². The van der Waals surface area contributed by atoms with Crippen LogP contribution in [-0.4, -0.2) is 36.1 Å². The van der Waals surface area contributed by atoms with Crippen LogP contribution in [0, 0.1) is 0 Å². The Morgan fingerprint density at radius 2 is 1.68 bits per heavy atom. The molecule has 0 spiro atoms. The third kappa shape index (κ3) is 4.42. The SMILES string of the molecule is CN(C)c1ccnc(NC2CCC(NCc3cccc4ccccc34)CC2)n1. The fourth-order valence-electron chi connectivity index (χ4n) is 3.99. The van der Waals surface area contributed by atoms with Crippen molar-refractivity contribution in [3.63, 3.8) is 0 Å². The van der Waals surface area contributed by atoms with Gasteiger partial charge in [0, 0.05) is 38.9 Å². The van der Waals surface area contributed by atoms with Crippen LogP contribution in [0.25, 0.3) is 10.8 Å². The van der Waals surface area contributed by atoms with Gasteiger partial charge in [0.1, 0.15) is 5.82 Å². The third-order valence-electron chi connectivity index (χ3n) is 5.62. The van der Waals surface area contributed by atoms with Gasteiger partial charge in [0.2, 0.25) is 5.95 Å². The fraction of sp³-hybridized carbons (Fsp3) is 0.391. The molecule has 0 amide bonds. The minimum atomic E-state index is 0.452. The van der Waals surface area contributed by atoms with Gasteiger partial charge in [-0.1, -0.05) is 42.5 Å². The van der Waals surface area contributed by atoms with Crippen LogP contribution in [0.15, 0.2) is 54.7 Å². The molecule has 3 aromatic rings. The first-order valence-electron chi connectivity index (χ1n) is 10.2. The molecule has 1 aliphatic rings. The zero-order valence-corrected chi connectivity index (χ0v) is 16.7. The Balaban J connectivity index is 1.29. The standard InChI is InChI=1S/C23H29N5/c1-28(2)22-14-15-24-23(27-22)26-20-12-10-19(11-13-20)25-16-18-8-5-7-17-6-3-4-9-21(17)18/h3-9,14-15,19-20,25H,10-13,16H2,1-2H3,(H,24,26,27). The van der Waals surface area contributed by atoms with E-state index in [9.17, 15) is 0 Å². The van der Waals surface area contributed by atoms with E-state index < -0.39 is 0 Å². The lowest BCUT2D eigenvalue weighted by Gasteiger charge is -2.30. The number of nitrogens with zero attached hydrogens (tertiary/aromatic N) is 3. The zero-order chi connectivity index (χ0) is 19.3. The molecule has 1 aromatic heterocycles. The monoisotopic (exact) mass is 375 g/mol. The van der Waals surface area contributed by atoms with E-state index in [-0.39, 0.29) is 0 Å². The highest BCUT2D eigenvalue weighted by atomic mass is 15.2. The molecule has 0 unspecified atom stereocenters. The molecular formula is C23H29N5. The Kier molecular flexibility index (Phi) is 5.72. The van der Waals surface area contributed by atoms with Crippen LogP contribution in [0.1, 0.15) is 31.2 Å². The summed E-state index contributed by atoms with van der Waals surface area (Å²) in [5, 5.41) is 9.96. The van der Waals surface area contributed by atoms with Gasteiger partial charge in [-0.05, 0) is 48.1 Å². The molecule has 1 saturated carbocycles. The van der Waals surface area contributed by atoms with Gasteiger partial charge in [0.05, 0.1) is 0 Å². The van der Waals surface area contributed by atoms with Gasteiger partial charge >= 0.3 is 0 Å². The minimum Gasteiger partial charge on any atom is -0.363 e. The molecule has 2 aromatic carbocycles. The maximum atomic E-state index is 4.58. The lowest BCUT2D eigenvalue weighted by atomic mass is 9.91. The van der Waals surface area contributed by atoms with Crippen molar-refractivity contribution < 1.29 is 0 Å². The second-order valence-corrected chi connectivity index (χ2v) is 7.84. The largest absolute Gasteiger partial charge is 0.363 e. The lowest BCUT2D eigenvalue weighted by Crippen LogP contribution is -2.37. The molecule has 0 bridgehead atoms. The molecule has 1 fully saturated rings. The fourth-order valence-corrected chi connectivity index (χ4v) is 3.99. The summed E-state index contributed by atoms with van der Waals surface area (Å²) in [5.41, 5.74) is 1.38. The Morgan fingerprint density at radius 3 is 2.50 bits per heavy atom. The molecule has 146 valence electrons.